The zero-order chi connectivity index (χ0) is 19.9. The smallest absolute Gasteiger partial charge is 0.326 e. The molecule has 0 aliphatic carbocycles. The van der Waals surface area contributed by atoms with E-state index in [0.29, 0.717) is 19.4 Å². The van der Waals surface area contributed by atoms with E-state index in [-0.39, 0.29) is 0 Å². The van der Waals surface area contributed by atoms with Crippen LogP contribution in [-0.2, 0) is 14.3 Å². The first-order valence-electron chi connectivity index (χ1n) is 11.0. The van der Waals surface area contributed by atoms with Crippen molar-refractivity contribution in [2.45, 2.75) is 115 Å². The molecule has 158 valence electrons. The SMILES string of the molecule is CCCCCCCCCCCCCCC(OC(=O)C1CCCN1O)C(N)=O. The first kappa shape index (κ1) is 23.9. The summed E-state index contributed by atoms with van der Waals surface area (Å²) in [6, 6.07) is -0.658. The highest BCUT2D eigenvalue weighted by atomic mass is 16.6. The Balaban J connectivity index is 2.03. The van der Waals surface area contributed by atoms with Crippen molar-refractivity contribution >= 4 is 11.9 Å². The van der Waals surface area contributed by atoms with Gasteiger partial charge < -0.3 is 15.7 Å². The molecule has 1 heterocycles. The summed E-state index contributed by atoms with van der Waals surface area (Å²) in [6.07, 6.45) is 15.8. The van der Waals surface area contributed by atoms with Gasteiger partial charge in [-0.3, -0.25) is 9.59 Å². The van der Waals surface area contributed by atoms with Gasteiger partial charge in [0, 0.05) is 6.54 Å². The van der Waals surface area contributed by atoms with Gasteiger partial charge in [-0.1, -0.05) is 77.6 Å². The molecule has 3 N–H and O–H groups in total. The predicted molar refractivity (Wildman–Crippen MR) is 106 cm³/mol. The number of carbonyl (C=O) groups excluding carboxylic acids is 2. The van der Waals surface area contributed by atoms with Gasteiger partial charge in [-0.2, -0.15) is 5.06 Å². The average Bonchev–Trinajstić information content (AvgIpc) is 3.07. The number of esters is 1. The van der Waals surface area contributed by atoms with Gasteiger partial charge in [0.25, 0.3) is 5.91 Å². The second kappa shape index (κ2) is 14.9. The molecule has 1 amide bonds. The van der Waals surface area contributed by atoms with E-state index in [4.69, 9.17) is 10.5 Å². The lowest BCUT2D eigenvalue weighted by Gasteiger charge is -2.20. The van der Waals surface area contributed by atoms with Gasteiger partial charge in [0.05, 0.1) is 0 Å². The maximum Gasteiger partial charge on any atom is 0.326 e. The molecule has 1 aliphatic heterocycles. The third-order valence-electron chi connectivity index (χ3n) is 5.39. The van der Waals surface area contributed by atoms with Crippen LogP contribution in [0.3, 0.4) is 0 Å². The van der Waals surface area contributed by atoms with Crippen LogP contribution in [0, 0.1) is 0 Å². The molecule has 0 saturated carbocycles. The number of hydrogen-bond donors (Lipinski definition) is 2. The number of nitrogens with zero attached hydrogens (tertiary/aromatic N) is 1. The molecule has 2 unspecified atom stereocenters. The number of unbranched alkanes of at least 4 members (excludes halogenated alkanes) is 11. The number of rotatable bonds is 16. The molecule has 0 radical (unpaired) electrons. The van der Waals surface area contributed by atoms with Gasteiger partial charge in [-0.15, -0.1) is 0 Å². The number of carbonyl (C=O) groups is 2. The number of nitrogens with two attached hydrogens (primary N) is 1. The summed E-state index contributed by atoms with van der Waals surface area (Å²) in [4.78, 5) is 23.6. The van der Waals surface area contributed by atoms with Gasteiger partial charge in [0.2, 0.25) is 0 Å². The normalized spacial score (nSPS) is 18.5. The average molecular weight is 385 g/mol. The van der Waals surface area contributed by atoms with E-state index >= 15 is 0 Å². The van der Waals surface area contributed by atoms with Gasteiger partial charge in [-0.05, 0) is 25.7 Å². The van der Waals surface area contributed by atoms with Crippen molar-refractivity contribution in [2.75, 3.05) is 6.54 Å². The van der Waals surface area contributed by atoms with E-state index in [0.717, 1.165) is 30.7 Å². The summed E-state index contributed by atoms with van der Waals surface area (Å²) >= 11 is 0. The summed E-state index contributed by atoms with van der Waals surface area (Å²) < 4.78 is 5.25. The van der Waals surface area contributed by atoms with Crippen LogP contribution in [0.1, 0.15) is 103 Å². The minimum absolute atomic E-state index is 0.458. The van der Waals surface area contributed by atoms with Gasteiger partial charge in [0.1, 0.15) is 6.04 Å². The number of ether oxygens (including phenoxy) is 1. The third kappa shape index (κ3) is 10.7. The largest absolute Gasteiger partial charge is 0.451 e. The lowest BCUT2D eigenvalue weighted by Crippen LogP contribution is -2.40. The second-order valence-electron chi connectivity index (χ2n) is 7.83. The van der Waals surface area contributed by atoms with Crippen molar-refractivity contribution in [1.29, 1.82) is 0 Å². The minimum atomic E-state index is -0.880. The molecule has 0 bridgehead atoms. The molecular weight excluding hydrogens is 344 g/mol. The van der Waals surface area contributed by atoms with Crippen molar-refractivity contribution in [1.82, 2.24) is 5.06 Å². The Labute approximate surface area is 164 Å². The van der Waals surface area contributed by atoms with Crippen LogP contribution < -0.4 is 5.73 Å². The number of hydroxylamine groups is 2. The molecule has 0 aromatic carbocycles. The Morgan fingerprint density at radius 3 is 1.96 bits per heavy atom. The maximum atomic E-state index is 12.1. The van der Waals surface area contributed by atoms with Crippen molar-refractivity contribution in [2.24, 2.45) is 5.73 Å². The Bertz CT molecular complexity index is 417. The summed E-state index contributed by atoms with van der Waals surface area (Å²) in [5, 5.41) is 10.6. The molecule has 6 nitrogen and oxygen atoms in total. The van der Waals surface area contributed by atoms with Crippen LogP contribution in [0.25, 0.3) is 0 Å². The molecule has 1 fully saturated rings. The Morgan fingerprint density at radius 2 is 1.52 bits per heavy atom. The Hall–Kier alpha value is -1.14. The maximum absolute atomic E-state index is 12.1. The summed E-state index contributed by atoms with van der Waals surface area (Å²) in [5.41, 5.74) is 5.37. The van der Waals surface area contributed by atoms with E-state index in [1.165, 1.54) is 57.8 Å². The molecule has 0 spiro atoms. The molecule has 0 aromatic heterocycles. The van der Waals surface area contributed by atoms with Gasteiger partial charge in [0.15, 0.2) is 6.10 Å². The Kier molecular flexibility index (Phi) is 13.2. The lowest BCUT2D eigenvalue weighted by atomic mass is 10.0. The van der Waals surface area contributed by atoms with Crippen LogP contribution in [0.15, 0.2) is 0 Å². The number of primary amides is 1. The highest BCUT2D eigenvalue weighted by molar-refractivity contribution is 5.84. The van der Waals surface area contributed by atoms with E-state index < -0.39 is 24.0 Å². The zero-order valence-corrected chi connectivity index (χ0v) is 17.2. The van der Waals surface area contributed by atoms with Crippen LogP contribution >= 0.6 is 0 Å². The van der Waals surface area contributed by atoms with Gasteiger partial charge >= 0.3 is 5.97 Å². The molecule has 1 rings (SSSR count). The molecular formula is C21H40N2O4. The van der Waals surface area contributed by atoms with E-state index in [1.807, 2.05) is 0 Å². The lowest BCUT2D eigenvalue weighted by molar-refractivity contribution is -0.174. The first-order chi connectivity index (χ1) is 13.1. The predicted octanol–water partition coefficient (Wildman–Crippen LogP) is 4.33. The molecule has 1 aliphatic rings. The van der Waals surface area contributed by atoms with E-state index in [1.54, 1.807) is 0 Å². The standard InChI is InChI=1S/C21H40N2O4/c1-2-3-4-5-6-7-8-9-10-11-12-13-16-19(20(22)24)27-21(25)18-15-14-17-23(18)26/h18-19,26H,2-17H2,1H3,(H2,22,24). The minimum Gasteiger partial charge on any atom is -0.451 e. The summed E-state index contributed by atoms with van der Waals surface area (Å²) in [7, 11) is 0. The molecule has 2 atom stereocenters. The topological polar surface area (TPSA) is 92.9 Å². The quantitative estimate of drug-likeness (QED) is 0.305. The fraction of sp³-hybridized carbons (Fsp3) is 0.905. The molecule has 27 heavy (non-hydrogen) atoms. The molecule has 1 saturated heterocycles. The van der Waals surface area contributed by atoms with Crippen molar-refractivity contribution in [3.63, 3.8) is 0 Å². The van der Waals surface area contributed by atoms with Crippen molar-refractivity contribution < 1.29 is 19.5 Å². The fourth-order valence-electron chi connectivity index (χ4n) is 3.64. The van der Waals surface area contributed by atoms with Crippen LogP contribution in [0.2, 0.25) is 0 Å². The molecule has 0 aromatic rings. The number of hydrogen-bond acceptors (Lipinski definition) is 5. The highest BCUT2D eigenvalue weighted by Gasteiger charge is 2.33. The van der Waals surface area contributed by atoms with Crippen LogP contribution in [0.4, 0.5) is 0 Å². The van der Waals surface area contributed by atoms with E-state index in [2.05, 4.69) is 6.92 Å². The van der Waals surface area contributed by atoms with Crippen molar-refractivity contribution in [3.05, 3.63) is 0 Å². The van der Waals surface area contributed by atoms with Crippen LogP contribution in [0.5, 0.6) is 0 Å². The van der Waals surface area contributed by atoms with Crippen molar-refractivity contribution in [3.8, 4) is 0 Å². The molecule has 6 heteroatoms. The summed E-state index contributed by atoms with van der Waals surface area (Å²) in [6.45, 7) is 2.70. The third-order valence-corrected chi connectivity index (χ3v) is 5.39. The second-order valence-corrected chi connectivity index (χ2v) is 7.83. The highest BCUT2D eigenvalue weighted by Crippen LogP contribution is 2.18. The Morgan fingerprint density at radius 1 is 1.00 bits per heavy atom. The van der Waals surface area contributed by atoms with E-state index in [9.17, 15) is 14.8 Å². The van der Waals surface area contributed by atoms with Crippen LogP contribution in [-0.4, -0.2) is 40.8 Å². The fourth-order valence-corrected chi connectivity index (χ4v) is 3.64. The number of amides is 1. The monoisotopic (exact) mass is 384 g/mol. The zero-order valence-electron chi connectivity index (χ0n) is 17.2. The van der Waals surface area contributed by atoms with Gasteiger partial charge in [-0.25, -0.2) is 0 Å². The first-order valence-corrected chi connectivity index (χ1v) is 11.0. The summed E-state index contributed by atoms with van der Waals surface area (Å²) in [5.74, 6) is -1.15.